The Kier molecular flexibility index (Phi) is 4.97. The van der Waals surface area contributed by atoms with Crippen molar-refractivity contribution in [2.45, 2.75) is 26.0 Å². The number of carbonyl (C=O) groups is 1. The number of benzene rings is 2. The third kappa shape index (κ3) is 3.50. The molecule has 0 aliphatic carbocycles. The normalized spacial score (nSPS) is 21.5. The van der Waals surface area contributed by atoms with E-state index in [1.165, 1.54) is 5.56 Å². The van der Waals surface area contributed by atoms with E-state index in [-0.39, 0.29) is 11.9 Å². The van der Waals surface area contributed by atoms with Crippen molar-refractivity contribution in [2.24, 2.45) is 0 Å². The summed E-state index contributed by atoms with van der Waals surface area (Å²) < 4.78 is 5.86. The Balaban J connectivity index is 1.83. The highest BCUT2D eigenvalue weighted by atomic mass is 16.5. The van der Waals surface area contributed by atoms with Crippen molar-refractivity contribution >= 4 is 11.6 Å². The maximum atomic E-state index is 12.9. The van der Waals surface area contributed by atoms with E-state index in [4.69, 9.17) is 4.74 Å². The molecule has 2 atom stereocenters. The Morgan fingerprint density at radius 2 is 1.92 bits per heavy atom. The molecule has 4 nitrogen and oxygen atoms in total. The Morgan fingerprint density at radius 3 is 2.62 bits per heavy atom. The van der Waals surface area contributed by atoms with E-state index in [9.17, 15) is 4.79 Å². The number of nitrogens with one attached hydrogen (secondary N) is 1. The molecule has 0 unspecified atom stereocenters. The molecule has 3 rings (SSSR count). The monoisotopic (exact) mass is 324 g/mol. The summed E-state index contributed by atoms with van der Waals surface area (Å²) in [5, 5.41) is 3.04. The molecule has 126 valence electrons. The van der Waals surface area contributed by atoms with Crippen LogP contribution in [0.1, 0.15) is 22.7 Å². The fourth-order valence-electron chi connectivity index (χ4n) is 3.24. The summed E-state index contributed by atoms with van der Waals surface area (Å²) in [5.74, 6) is -0.0950. The molecule has 0 aromatic heterocycles. The third-order valence-corrected chi connectivity index (χ3v) is 4.54. The van der Waals surface area contributed by atoms with Crippen LogP contribution in [0, 0.1) is 13.8 Å². The standard InChI is InChI=1S/C20H24N2O2/c1-14-9-10-17(15(2)13-14)21-20(23)19-18(22(3)11-12-24-19)16-7-5-4-6-8-16/h4-10,13,18-19H,11-12H2,1-3H3,(H,21,23)/t18-,19+/m0/s1. The smallest absolute Gasteiger partial charge is 0.255 e. The fourth-order valence-corrected chi connectivity index (χ4v) is 3.24. The van der Waals surface area contributed by atoms with Gasteiger partial charge in [0.15, 0.2) is 6.10 Å². The van der Waals surface area contributed by atoms with Gasteiger partial charge in [-0.1, -0.05) is 48.0 Å². The molecule has 24 heavy (non-hydrogen) atoms. The summed E-state index contributed by atoms with van der Waals surface area (Å²) in [6.45, 7) is 5.42. The van der Waals surface area contributed by atoms with E-state index in [0.29, 0.717) is 6.61 Å². The maximum Gasteiger partial charge on any atom is 0.255 e. The molecule has 1 heterocycles. The van der Waals surface area contributed by atoms with Gasteiger partial charge < -0.3 is 10.1 Å². The SMILES string of the molecule is Cc1ccc(NC(=O)[C@@H]2OCCN(C)[C@H]2c2ccccc2)c(C)c1. The molecule has 1 N–H and O–H groups in total. The summed E-state index contributed by atoms with van der Waals surface area (Å²) >= 11 is 0. The van der Waals surface area contributed by atoms with Crippen LogP contribution in [-0.4, -0.2) is 37.1 Å². The van der Waals surface area contributed by atoms with Gasteiger partial charge >= 0.3 is 0 Å². The lowest BCUT2D eigenvalue weighted by atomic mass is 9.97. The Bertz CT molecular complexity index is 715. The quantitative estimate of drug-likeness (QED) is 0.942. The number of morpholine rings is 1. The zero-order chi connectivity index (χ0) is 17.1. The highest BCUT2D eigenvalue weighted by Gasteiger charge is 2.36. The molecule has 1 aliphatic heterocycles. The number of nitrogens with zero attached hydrogens (tertiary/aromatic N) is 1. The van der Waals surface area contributed by atoms with E-state index in [2.05, 4.69) is 16.3 Å². The number of anilines is 1. The van der Waals surface area contributed by atoms with Crippen LogP contribution >= 0.6 is 0 Å². The number of hydrogen-bond acceptors (Lipinski definition) is 3. The highest BCUT2D eigenvalue weighted by molar-refractivity contribution is 5.95. The molecule has 0 spiro atoms. The second-order valence-electron chi connectivity index (χ2n) is 6.44. The highest BCUT2D eigenvalue weighted by Crippen LogP contribution is 2.29. The minimum atomic E-state index is -0.521. The van der Waals surface area contributed by atoms with Crippen molar-refractivity contribution in [3.05, 3.63) is 65.2 Å². The zero-order valence-electron chi connectivity index (χ0n) is 14.5. The van der Waals surface area contributed by atoms with Gasteiger partial charge in [-0.2, -0.15) is 0 Å². The van der Waals surface area contributed by atoms with Crippen LogP contribution in [0.15, 0.2) is 48.5 Å². The Hall–Kier alpha value is -2.17. The summed E-state index contributed by atoms with van der Waals surface area (Å²) in [4.78, 5) is 15.1. The topological polar surface area (TPSA) is 41.6 Å². The van der Waals surface area contributed by atoms with E-state index < -0.39 is 6.10 Å². The van der Waals surface area contributed by atoms with Crippen molar-refractivity contribution in [3.63, 3.8) is 0 Å². The van der Waals surface area contributed by atoms with Gasteiger partial charge in [0.2, 0.25) is 0 Å². The Labute approximate surface area is 143 Å². The lowest BCUT2D eigenvalue weighted by Crippen LogP contribution is -2.48. The number of ether oxygens (including phenoxy) is 1. The number of carbonyl (C=O) groups excluding carboxylic acids is 1. The number of aryl methyl sites for hydroxylation is 2. The van der Waals surface area contributed by atoms with E-state index in [1.807, 2.05) is 63.4 Å². The molecule has 1 fully saturated rings. The average Bonchev–Trinajstić information content (AvgIpc) is 2.58. The third-order valence-electron chi connectivity index (χ3n) is 4.54. The molecule has 0 bridgehead atoms. The number of rotatable bonds is 3. The largest absolute Gasteiger partial charge is 0.365 e. The summed E-state index contributed by atoms with van der Waals surface area (Å²) in [5.41, 5.74) is 4.18. The van der Waals surface area contributed by atoms with Crippen LogP contribution < -0.4 is 5.32 Å². The lowest BCUT2D eigenvalue weighted by molar-refractivity contribution is -0.139. The van der Waals surface area contributed by atoms with E-state index >= 15 is 0 Å². The van der Waals surface area contributed by atoms with Crippen molar-refractivity contribution in [1.29, 1.82) is 0 Å². The van der Waals surface area contributed by atoms with E-state index in [0.717, 1.165) is 23.4 Å². The predicted molar refractivity (Wildman–Crippen MR) is 96.1 cm³/mol. The maximum absolute atomic E-state index is 12.9. The van der Waals surface area contributed by atoms with Crippen LogP contribution in [0.5, 0.6) is 0 Å². The van der Waals surface area contributed by atoms with Crippen LogP contribution in [0.4, 0.5) is 5.69 Å². The number of amides is 1. The molecular formula is C20H24N2O2. The van der Waals surface area contributed by atoms with E-state index in [1.54, 1.807) is 0 Å². The van der Waals surface area contributed by atoms with Crippen molar-refractivity contribution in [3.8, 4) is 0 Å². The van der Waals surface area contributed by atoms with Gasteiger partial charge in [0.25, 0.3) is 5.91 Å². The minimum Gasteiger partial charge on any atom is -0.365 e. The van der Waals surface area contributed by atoms with Gasteiger partial charge in [-0.3, -0.25) is 9.69 Å². The molecule has 4 heteroatoms. The van der Waals surface area contributed by atoms with Crippen molar-refractivity contribution < 1.29 is 9.53 Å². The van der Waals surface area contributed by atoms with Crippen LogP contribution in [0.25, 0.3) is 0 Å². The zero-order valence-corrected chi connectivity index (χ0v) is 14.5. The number of likely N-dealkylation sites (N-methyl/N-ethyl adjacent to an activating group) is 1. The lowest BCUT2D eigenvalue weighted by Gasteiger charge is -2.38. The molecule has 1 saturated heterocycles. The van der Waals surface area contributed by atoms with Gasteiger partial charge in [-0.25, -0.2) is 0 Å². The summed E-state index contributed by atoms with van der Waals surface area (Å²) in [6, 6.07) is 16.0. The van der Waals surface area contributed by atoms with Crippen LogP contribution in [0.2, 0.25) is 0 Å². The first-order chi connectivity index (χ1) is 11.6. The van der Waals surface area contributed by atoms with Gasteiger partial charge in [-0.05, 0) is 38.1 Å². The molecule has 0 radical (unpaired) electrons. The molecule has 2 aromatic rings. The van der Waals surface area contributed by atoms with Crippen LogP contribution in [0.3, 0.4) is 0 Å². The first kappa shape index (κ1) is 16.7. The van der Waals surface area contributed by atoms with Gasteiger partial charge in [0.1, 0.15) is 0 Å². The molecular weight excluding hydrogens is 300 g/mol. The van der Waals surface area contributed by atoms with Crippen molar-refractivity contribution in [1.82, 2.24) is 4.90 Å². The molecule has 1 aliphatic rings. The Morgan fingerprint density at radius 1 is 1.17 bits per heavy atom. The second kappa shape index (κ2) is 7.16. The fraction of sp³-hybridized carbons (Fsp3) is 0.350. The van der Waals surface area contributed by atoms with Gasteiger partial charge in [0, 0.05) is 12.2 Å². The van der Waals surface area contributed by atoms with Crippen LogP contribution in [-0.2, 0) is 9.53 Å². The average molecular weight is 324 g/mol. The number of hydrogen-bond donors (Lipinski definition) is 1. The molecule has 1 amide bonds. The second-order valence-corrected chi connectivity index (χ2v) is 6.44. The summed E-state index contributed by atoms with van der Waals surface area (Å²) in [6.07, 6.45) is -0.521. The first-order valence-electron chi connectivity index (χ1n) is 8.31. The minimum absolute atomic E-state index is 0.0781. The first-order valence-corrected chi connectivity index (χ1v) is 8.31. The summed E-state index contributed by atoms with van der Waals surface area (Å²) in [7, 11) is 2.04. The predicted octanol–water partition coefficient (Wildman–Crippen LogP) is 3.31. The van der Waals surface area contributed by atoms with Gasteiger partial charge in [-0.15, -0.1) is 0 Å². The van der Waals surface area contributed by atoms with Crippen molar-refractivity contribution in [2.75, 3.05) is 25.5 Å². The van der Waals surface area contributed by atoms with Gasteiger partial charge in [0.05, 0.1) is 12.6 Å². The molecule has 2 aromatic carbocycles. The molecule has 0 saturated carbocycles.